The van der Waals surface area contributed by atoms with Crippen LogP contribution in [0.4, 0.5) is 18.9 Å². The van der Waals surface area contributed by atoms with Crippen molar-refractivity contribution >= 4 is 29.3 Å². The number of thioether (sulfide) groups is 1. The third kappa shape index (κ3) is 5.99. The zero-order chi connectivity index (χ0) is 20.0. The maximum atomic E-state index is 12.6. The summed E-state index contributed by atoms with van der Waals surface area (Å²) in [6.07, 6.45) is 1.90. The molecule has 0 aliphatic heterocycles. The van der Waals surface area contributed by atoms with Crippen LogP contribution < -0.4 is 5.32 Å². The number of aromatic nitrogens is 1. The normalized spacial score (nSPS) is 11.1. The highest BCUT2D eigenvalue weighted by Crippen LogP contribution is 2.37. The van der Waals surface area contributed by atoms with Gasteiger partial charge in [-0.3, -0.25) is 9.59 Å². The molecule has 144 valence electrons. The molecule has 0 atom stereocenters. The van der Waals surface area contributed by atoms with Crippen molar-refractivity contribution in [1.82, 2.24) is 9.88 Å². The Hall–Kier alpha value is -2.55. The molecule has 27 heavy (non-hydrogen) atoms. The van der Waals surface area contributed by atoms with Crippen molar-refractivity contribution in [2.24, 2.45) is 0 Å². The molecule has 0 bridgehead atoms. The van der Waals surface area contributed by atoms with E-state index >= 15 is 0 Å². The predicted molar refractivity (Wildman–Crippen MR) is 97.6 cm³/mol. The summed E-state index contributed by atoms with van der Waals surface area (Å²) in [7, 11) is 1.35. The Morgan fingerprint density at radius 3 is 2.56 bits per heavy atom. The molecule has 0 saturated carbocycles. The quantitative estimate of drug-likeness (QED) is 0.750. The van der Waals surface area contributed by atoms with Gasteiger partial charge in [0.25, 0.3) is 5.91 Å². The number of likely N-dealkylation sites (N-methyl/N-ethyl adjacent to an activating group) is 1. The van der Waals surface area contributed by atoms with Crippen LogP contribution in [0, 0.1) is 0 Å². The highest BCUT2D eigenvalue weighted by Gasteiger charge is 2.33. The van der Waals surface area contributed by atoms with Crippen LogP contribution in [0.1, 0.15) is 22.8 Å². The van der Waals surface area contributed by atoms with E-state index in [1.165, 1.54) is 25.4 Å². The first-order valence-electron chi connectivity index (χ1n) is 8.05. The molecule has 0 saturated heterocycles. The van der Waals surface area contributed by atoms with Gasteiger partial charge in [0.1, 0.15) is 5.03 Å². The average molecular weight is 397 g/mol. The number of para-hydroxylation sites is 1. The Morgan fingerprint density at radius 2 is 1.89 bits per heavy atom. The molecule has 0 unspecified atom stereocenters. The van der Waals surface area contributed by atoms with Crippen LogP contribution in [0.3, 0.4) is 0 Å². The van der Waals surface area contributed by atoms with Crippen LogP contribution in [-0.2, 0) is 11.2 Å². The molecule has 2 aromatic rings. The number of carbonyl (C=O) groups excluding carboxylic acids is 2. The second kappa shape index (κ2) is 8.90. The Morgan fingerprint density at radius 1 is 1.19 bits per heavy atom. The fourth-order valence-electron chi connectivity index (χ4n) is 2.38. The number of nitrogens with one attached hydrogen (secondary N) is 1. The van der Waals surface area contributed by atoms with Crippen molar-refractivity contribution in [3.63, 3.8) is 0 Å². The Bertz CT molecular complexity index is 827. The van der Waals surface area contributed by atoms with E-state index in [2.05, 4.69) is 10.3 Å². The van der Waals surface area contributed by atoms with Crippen LogP contribution in [0.25, 0.3) is 0 Å². The highest BCUT2D eigenvalue weighted by atomic mass is 32.2. The molecule has 0 aliphatic carbocycles. The lowest BCUT2D eigenvalue weighted by Crippen LogP contribution is -2.35. The van der Waals surface area contributed by atoms with E-state index < -0.39 is 34.1 Å². The number of anilines is 1. The second-order valence-electron chi connectivity index (χ2n) is 5.62. The fraction of sp³-hybridized carbons (Fsp3) is 0.278. The van der Waals surface area contributed by atoms with Crippen molar-refractivity contribution in [1.29, 1.82) is 0 Å². The molecule has 2 amide bonds. The minimum atomic E-state index is -4.57. The lowest BCUT2D eigenvalue weighted by molar-refractivity contribution is -0.116. The van der Waals surface area contributed by atoms with Crippen LogP contribution in [0.5, 0.6) is 0 Å². The van der Waals surface area contributed by atoms with Gasteiger partial charge in [-0.2, -0.15) is 13.2 Å². The van der Waals surface area contributed by atoms with E-state index in [1.54, 1.807) is 12.1 Å². The largest absolute Gasteiger partial charge is 0.447 e. The Balaban J connectivity index is 2.09. The number of hydrogen-bond donors (Lipinski definition) is 1. The molecule has 9 heteroatoms. The van der Waals surface area contributed by atoms with Gasteiger partial charge in [-0.1, -0.05) is 25.1 Å². The molecule has 0 spiro atoms. The van der Waals surface area contributed by atoms with Gasteiger partial charge >= 0.3 is 5.51 Å². The summed E-state index contributed by atoms with van der Waals surface area (Å²) in [5.41, 5.74) is -3.19. The minimum absolute atomic E-state index is 0.205. The first-order chi connectivity index (χ1) is 12.7. The summed E-state index contributed by atoms with van der Waals surface area (Å²) in [6.45, 7) is 1.64. The third-order valence-corrected chi connectivity index (χ3v) is 4.36. The first kappa shape index (κ1) is 20.8. The first-order valence-corrected chi connectivity index (χ1v) is 8.87. The van der Waals surface area contributed by atoms with Crippen molar-refractivity contribution in [3.05, 3.63) is 53.7 Å². The van der Waals surface area contributed by atoms with E-state index in [-0.39, 0.29) is 12.1 Å². The molecule has 5 nitrogen and oxygen atoms in total. The van der Waals surface area contributed by atoms with Gasteiger partial charge in [-0.25, -0.2) is 4.98 Å². The number of nitrogens with zero attached hydrogens (tertiary/aromatic N) is 2. The number of amides is 2. The third-order valence-electron chi connectivity index (χ3n) is 3.61. The summed E-state index contributed by atoms with van der Waals surface area (Å²) in [6, 6.07) is 9.88. The summed E-state index contributed by atoms with van der Waals surface area (Å²) in [5, 5.41) is 2.27. The topological polar surface area (TPSA) is 62.3 Å². The molecular weight excluding hydrogens is 379 g/mol. The van der Waals surface area contributed by atoms with Crippen LogP contribution in [0.2, 0.25) is 0 Å². The fourth-order valence-corrected chi connectivity index (χ4v) is 2.98. The SMILES string of the molecule is CCc1ccccc1NC(=O)CN(C)C(=O)c1cccnc1SC(F)(F)F. The van der Waals surface area contributed by atoms with Crippen molar-refractivity contribution in [2.45, 2.75) is 23.9 Å². The zero-order valence-corrected chi connectivity index (χ0v) is 15.5. The molecular formula is C18H18F3N3O2S. The molecule has 1 heterocycles. The average Bonchev–Trinajstić information content (AvgIpc) is 2.60. The van der Waals surface area contributed by atoms with Gasteiger partial charge in [-0.05, 0) is 30.2 Å². The van der Waals surface area contributed by atoms with E-state index in [4.69, 9.17) is 0 Å². The molecule has 1 aromatic carbocycles. The van der Waals surface area contributed by atoms with Gasteiger partial charge in [0.2, 0.25) is 5.91 Å². The number of benzene rings is 1. The van der Waals surface area contributed by atoms with E-state index in [0.29, 0.717) is 5.69 Å². The minimum Gasteiger partial charge on any atom is -0.332 e. The number of halogens is 3. The van der Waals surface area contributed by atoms with Gasteiger partial charge in [0.15, 0.2) is 0 Å². The second-order valence-corrected chi connectivity index (χ2v) is 6.68. The van der Waals surface area contributed by atoms with Gasteiger partial charge in [0, 0.05) is 30.7 Å². The lowest BCUT2D eigenvalue weighted by atomic mass is 10.1. The molecule has 0 fully saturated rings. The van der Waals surface area contributed by atoms with Gasteiger partial charge in [0.05, 0.1) is 12.1 Å². The number of pyridine rings is 1. The molecule has 0 aliphatic rings. The van der Waals surface area contributed by atoms with Gasteiger partial charge < -0.3 is 10.2 Å². The van der Waals surface area contributed by atoms with Crippen molar-refractivity contribution in [3.8, 4) is 0 Å². The summed E-state index contributed by atoms with van der Waals surface area (Å²) in [5.74, 6) is -1.16. The number of hydrogen-bond acceptors (Lipinski definition) is 4. The molecule has 1 N–H and O–H groups in total. The number of carbonyl (C=O) groups is 2. The summed E-state index contributed by atoms with van der Waals surface area (Å²) < 4.78 is 37.9. The zero-order valence-electron chi connectivity index (χ0n) is 14.7. The lowest BCUT2D eigenvalue weighted by Gasteiger charge is -2.19. The molecule has 0 radical (unpaired) electrons. The maximum absolute atomic E-state index is 12.6. The van der Waals surface area contributed by atoms with Crippen LogP contribution in [-0.4, -0.2) is 40.8 Å². The predicted octanol–water partition coefficient (Wildman–Crippen LogP) is 3.97. The van der Waals surface area contributed by atoms with E-state index in [0.717, 1.165) is 16.9 Å². The highest BCUT2D eigenvalue weighted by molar-refractivity contribution is 8.00. The smallest absolute Gasteiger partial charge is 0.332 e. The number of rotatable bonds is 6. The standard InChI is InChI=1S/C18H18F3N3O2S/c1-3-12-7-4-5-9-14(12)23-15(25)11-24(2)17(26)13-8-6-10-22-16(13)27-18(19,20)21/h4-10H,3,11H2,1-2H3,(H,23,25). The van der Waals surface area contributed by atoms with Crippen molar-refractivity contribution < 1.29 is 22.8 Å². The van der Waals surface area contributed by atoms with E-state index in [1.807, 2.05) is 19.1 Å². The van der Waals surface area contributed by atoms with E-state index in [9.17, 15) is 22.8 Å². The number of aryl methyl sites for hydroxylation is 1. The van der Waals surface area contributed by atoms with Crippen LogP contribution >= 0.6 is 11.8 Å². The van der Waals surface area contributed by atoms with Crippen LogP contribution in [0.15, 0.2) is 47.6 Å². The summed E-state index contributed by atoms with van der Waals surface area (Å²) in [4.78, 5) is 29.4. The Kier molecular flexibility index (Phi) is 6.84. The number of alkyl halides is 3. The monoisotopic (exact) mass is 397 g/mol. The molecule has 1 aromatic heterocycles. The van der Waals surface area contributed by atoms with Crippen molar-refractivity contribution in [2.75, 3.05) is 18.9 Å². The van der Waals surface area contributed by atoms with Gasteiger partial charge in [-0.15, -0.1) is 0 Å². The maximum Gasteiger partial charge on any atom is 0.447 e. The Labute approximate surface area is 159 Å². The summed E-state index contributed by atoms with van der Waals surface area (Å²) >= 11 is -0.460. The molecule has 2 rings (SSSR count).